The first-order chi connectivity index (χ1) is 26.7. The van der Waals surface area contributed by atoms with Crippen LogP contribution in [-0.2, 0) is 31.5 Å². The van der Waals surface area contributed by atoms with Crippen LogP contribution in [0.25, 0.3) is 0 Å². The number of carbonyl (C=O) groups excluding carboxylic acids is 2. The molecule has 0 aliphatic heterocycles. The normalized spacial score (nSPS) is 13.6. The van der Waals surface area contributed by atoms with Gasteiger partial charge in [-0.05, 0) is 0 Å². The zero-order valence-corrected chi connectivity index (χ0v) is 38.0. The van der Waals surface area contributed by atoms with Crippen molar-refractivity contribution in [1.29, 1.82) is 0 Å². The SMILES string of the molecule is CCCCP(CCCC)(CCCC)(Cc1ccccc1)OC(=O)c1cc(C(=O)OP(CCCC)(CCCC)(CCCC)Cc2ccccc2)cc(S(=O)(=O)O)c1. The van der Waals surface area contributed by atoms with Gasteiger partial charge in [0.1, 0.15) is 0 Å². The molecule has 0 spiro atoms. The maximum atomic E-state index is 14.8. The van der Waals surface area contributed by atoms with Gasteiger partial charge in [0.15, 0.2) is 0 Å². The summed E-state index contributed by atoms with van der Waals surface area (Å²) in [7, 11) is -4.81. The van der Waals surface area contributed by atoms with Gasteiger partial charge in [-0.25, -0.2) is 0 Å². The van der Waals surface area contributed by atoms with E-state index in [9.17, 15) is 22.6 Å². The third-order valence-corrected chi connectivity index (χ3v) is 24.9. The molecule has 0 saturated carbocycles. The molecule has 0 aromatic heterocycles. The first kappa shape index (κ1) is 47.7. The second-order valence-corrected chi connectivity index (χ2v) is 29.0. The van der Waals surface area contributed by atoms with E-state index in [0.717, 1.165) is 137 Å². The van der Waals surface area contributed by atoms with Crippen molar-refractivity contribution in [3.05, 3.63) is 101 Å². The molecular formula is C46H72O7P2S. The fourth-order valence-corrected chi connectivity index (χ4v) is 22.1. The van der Waals surface area contributed by atoms with E-state index in [1.54, 1.807) is 0 Å². The van der Waals surface area contributed by atoms with E-state index in [1.807, 2.05) is 36.4 Å². The molecule has 3 rings (SSSR count). The first-order valence-electron chi connectivity index (χ1n) is 21.4. The molecule has 0 saturated heterocycles. The van der Waals surface area contributed by atoms with E-state index in [0.29, 0.717) is 12.3 Å². The van der Waals surface area contributed by atoms with E-state index in [1.165, 1.54) is 6.07 Å². The Labute approximate surface area is 339 Å². The number of hydrogen-bond acceptors (Lipinski definition) is 6. The third kappa shape index (κ3) is 13.2. The van der Waals surface area contributed by atoms with Crippen LogP contribution in [0.1, 0.15) is 150 Å². The van der Waals surface area contributed by atoms with Crippen LogP contribution in [0, 0.1) is 0 Å². The summed E-state index contributed by atoms with van der Waals surface area (Å²) in [6, 6.07) is 24.2. The Balaban J connectivity index is 2.27. The molecule has 1 N–H and O–H groups in total. The van der Waals surface area contributed by atoms with Crippen molar-refractivity contribution in [1.82, 2.24) is 0 Å². The molecule has 56 heavy (non-hydrogen) atoms. The van der Waals surface area contributed by atoms with Crippen LogP contribution in [-0.4, -0.2) is 61.9 Å². The van der Waals surface area contributed by atoms with Crippen LogP contribution in [0.2, 0.25) is 0 Å². The van der Waals surface area contributed by atoms with Crippen LogP contribution in [0.3, 0.4) is 0 Å². The maximum absolute atomic E-state index is 14.8. The van der Waals surface area contributed by atoms with Gasteiger partial charge >= 0.3 is 341 Å². The fraction of sp³-hybridized carbons (Fsp3) is 0.565. The molecule has 3 aromatic carbocycles. The van der Waals surface area contributed by atoms with Crippen molar-refractivity contribution in [2.45, 2.75) is 136 Å². The van der Waals surface area contributed by atoms with E-state index in [4.69, 9.17) is 9.05 Å². The number of rotatable bonds is 27. The number of carbonyl (C=O) groups is 2. The predicted molar refractivity (Wildman–Crippen MR) is 240 cm³/mol. The zero-order valence-electron chi connectivity index (χ0n) is 35.3. The predicted octanol–water partition coefficient (Wildman–Crippen LogP) is 13.4. The molecule has 0 bridgehead atoms. The Morgan fingerprint density at radius 2 is 0.786 bits per heavy atom. The van der Waals surface area contributed by atoms with Gasteiger partial charge < -0.3 is 0 Å². The Morgan fingerprint density at radius 3 is 1.04 bits per heavy atom. The topological polar surface area (TPSA) is 107 Å². The summed E-state index contributed by atoms with van der Waals surface area (Å²) in [6.45, 7) is 6.25. The zero-order chi connectivity index (χ0) is 41.2. The summed E-state index contributed by atoms with van der Waals surface area (Å²) >= 11 is 0. The summed E-state index contributed by atoms with van der Waals surface area (Å²) in [5.41, 5.74) is 2.12. The van der Waals surface area contributed by atoms with Gasteiger partial charge in [-0.3, -0.25) is 0 Å². The van der Waals surface area contributed by atoms with Gasteiger partial charge in [-0.15, -0.1) is 0 Å². The fourth-order valence-electron chi connectivity index (χ4n) is 8.48. The molecule has 0 unspecified atom stereocenters. The van der Waals surface area contributed by atoms with Crippen molar-refractivity contribution in [2.24, 2.45) is 0 Å². The van der Waals surface area contributed by atoms with Gasteiger partial charge in [-0.1, -0.05) is 0 Å². The van der Waals surface area contributed by atoms with Crippen molar-refractivity contribution in [2.75, 3.05) is 37.0 Å². The summed E-state index contributed by atoms with van der Waals surface area (Å²) < 4.78 is 50.3. The molecule has 0 heterocycles. The van der Waals surface area contributed by atoms with Gasteiger partial charge in [-0.2, -0.15) is 0 Å². The van der Waals surface area contributed by atoms with Gasteiger partial charge in [0, 0.05) is 0 Å². The second kappa shape index (κ2) is 21.9. The minimum atomic E-state index is -4.81. The second-order valence-electron chi connectivity index (χ2n) is 16.4. The molecular weight excluding hydrogens is 759 g/mol. The van der Waals surface area contributed by atoms with Gasteiger partial charge in [0.05, 0.1) is 0 Å². The van der Waals surface area contributed by atoms with Crippen molar-refractivity contribution in [3.8, 4) is 0 Å². The standard InChI is InChI=1S/C46H72O7P2S/c1-7-13-29-54(30-14-8-2,31-15-9-3,38-40-25-21-19-22-26-40)52-45(47)42-35-43(37-44(36-42)56(49,50)51)46(48)53-55(32-16-10-4,33-17-11-5,34-18-12-6)39-41-27-23-20-24-28-41/h19-28,35-37H,7-18,29-34,38-39H2,1-6H3,(H,49,50,51). The molecule has 0 aliphatic carbocycles. The quantitative estimate of drug-likeness (QED) is 0.0602. The number of unbranched alkanes of at least 4 members (excludes halogenated alkanes) is 6. The van der Waals surface area contributed by atoms with Gasteiger partial charge in [0.2, 0.25) is 0 Å². The summed E-state index contributed by atoms with van der Waals surface area (Å²) in [5, 5.41) is 0. The Hall–Kier alpha value is -2.63. The molecule has 314 valence electrons. The van der Waals surface area contributed by atoms with Crippen LogP contribution in [0.4, 0.5) is 0 Å². The van der Waals surface area contributed by atoms with E-state index in [-0.39, 0.29) is 11.1 Å². The third-order valence-electron chi connectivity index (χ3n) is 11.7. The average molecular weight is 831 g/mol. The Bertz CT molecular complexity index is 1620. The van der Waals surface area contributed by atoms with Gasteiger partial charge in [0.25, 0.3) is 0 Å². The van der Waals surface area contributed by atoms with Crippen molar-refractivity contribution in [3.63, 3.8) is 0 Å². The summed E-state index contributed by atoms with van der Waals surface area (Å²) in [5.74, 6) is -1.29. The Morgan fingerprint density at radius 1 is 0.500 bits per heavy atom. The molecule has 0 atom stereocenters. The van der Waals surface area contributed by atoms with Crippen LogP contribution >= 0.6 is 13.7 Å². The van der Waals surface area contributed by atoms with Crippen LogP contribution in [0.15, 0.2) is 83.8 Å². The molecule has 0 fully saturated rings. The summed E-state index contributed by atoms with van der Waals surface area (Å²) in [6.07, 6.45) is 17.0. The minimum absolute atomic E-state index is 0.0577. The molecule has 3 aromatic rings. The monoisotopic (exact) mass is 830 g/mol. The molecule has 0 aliphatic rings. The van der Waals surface area contributed by atoms with Crippen LogP contribution < -0.4 is 0 Å². The van der Waals surface area contributed by atoms with Crippen molar-refractivity contribution < 1.29 is 31.6 Å². The number of hydrogen-bond donors (Lipinski definition) is 1. The van der Waals surface area contributed by atoms with Crippen molar-refractivity contribution >= 4 is 35.7 Å². The summed E-state index contributed by atoms with van der Waals surface area (Å²) in [4.78, 5) is 29.1. The van der Waals surface area contributed by atoms with E-state index in [2.05, 4.69) is 65.8 Å². The van der Waals surface area contributed by atoms with Crippen LogP contribution in [0.5, 0.6) is 0 Å². The number of benzene rings is 3. The molecule has 10 heteroatoms. The molecule has 0 radical (unpaired) electrons. The molecule has 7 nitrogen and oxygen atoms in total. The molecule has 0 amide bonds. The van der Waals surface area contributed by atoms with E-state index >= 15 is 0 Å². The average Bonchev–Trinajstić information content (AvgIpc) is 3.20. The Kier molecular flexibility index (Phi) is 18.7. The first-order valence-corrected chi connectivity index (χ1v) is 28.7. The van der Waals surface area contributed by atoms with E-state index < -0.39 is 40.6 Å².